The van der Waals surface area contributed by atoms with Crippen LogP contribution in [0.5, 0.6) is 5.75 Å². The molecular weight excluding hydrogens is 304 g/mol. The molecule has 3 rings (SSSR count). The van der Waals surface area contributed by atoms with E-state index in [0.29, 0.717) is 37.4 Å². The summed E-state index contributed by atoms with van der Waals surface area (Å²) in [4.78, 5) is 26.0. The molecule has 0 bridgehead atoms. The number of hydrogen-bond donors (Lipinski definition) is 1. The first-order chi connectivity index (χ1) is 10.6. The van der Waals surface area contributed by atoms with Gasteiger partial charge in [0.05, 0.1) is 0 Å². The fourth-order valence-electron chi connectivity index (χ4n) is 3.12. The fraction of sp³-hybridized carbons (Fsp3) is 0.500. The van der Waals surface area contributed by atoms with Crippen molar-refractivity contribution in [2.45, 2.75) is 25.4 Å². The number of benzene rings is 1. The number of carbonyl (C=O) groups excluding carboxylic acids is 2. The summed E-state index contributed by atoms with van der Waals surface area (Å²) in [5.41, 5.74) is 0.978. The number of nitrogens with one attached hydrogen (secondary N) is 1. The van der Waals surface area contributed by atoms with Crippen LogP contribution < -0.4 is 10.1 Å². The number of likely N-dealkylation sites (tertiary alicyclic amines) is 1. The summed E-state index contributed by atoms with van der Waals surface area (Å²) in [5.74, 6) is 0.812. The van der Waals surface area contributed by atoms with Crippen LogP contribution in [-0.2, 0) is 16.0 Å². The SMILES string of the molecule is CNC(=O)C1CCN(C(=O)[C@@H]2Cc3cc(Cl)ccc3O2)CC1. The van der Waals surface area contributed by atoms with Gasteiger partial charge in [0.15, 0.2) is 6.10 Å². The van der Waals surface area contributed by atoms with Crippen molar-refractivity contribution >= 4 is 23.4 Å². The van der Waals surface area contributed by atoms with Crippen molar-refractivity contribution in [2.24, 2.45) is 5.92 Å². The van der Waals surface area contributed by atoms with E-state index in [4.69, 9.17) is 16.3 Å². The molecule has 1 aromatic rings. The minimum atomic E-state index is -0.468. The third-order valence-corrected chi connectivity index (χ3v) is 4.63. The molecule has 2 aliphatic rings. The van der Waals surface area contributed by atoms with Crippen LogP contribution in [0, 0.1) is 5.92 Å². The van der Waals surface area contributed by atoms with Crippen LogP contribution in [0.1, 0.15) is 18.4 Å². The first-order valence-electron chi connectivity index (χ1n) is 7.54. The van der Waals surface area contributed by atoms with Gasteiger partial charge in [-0.05, 0) is 36.6 Å². The quantitative estimate of drug-likeness (QED) is 0.900. The number of rotatable bonds is 2. The Kier molecular flexibility index (Phi) is 4.25. The van der Waals surface area contributed by atoms with Crippen LogP contribution in [0.25, 0.3) is 0 Å². The number of carbonyl (C=O) groups is 2. The summed E-state index contributed by atoms with van der Waals surface area (Å²) in [6.07, 6.45) is 1.50. The lowest BCUT2D eigenvalue weighted by Crippen LogP contribution is -2.47. The summed E-state index contributed by atoms with van der Waals surface area (Å²) in [7, 11) is 1.65. The molecular formula is C16H19ClN2O3. The molecule has 2 amide bonds. The number of amides is 2. The Labute approximate surface area is 134 Å². The topological polar surface area (TPSA) is 58.6 Å². The van der Waals surface area contributed by atoms with Crippen molar-refractivity contribution in [1.82, 2.24) is 10.2 Å². The zero-order chi connectivity index (χ0) is 15.7. The first kappa shape index (κ1) is 15.2. The number of halogens is 1. The van der Waals surface area contributed by atoms with Crippen molar-refractivity contribution in [3.63, 3.8) is 0 Å². The lowest BCUT2D eigenvalue weighted by Gasteiger charge is -2.32. The molecule has 6 heteroatoms. The zero-order valence-electron chi connectivity index (χ0n) is 12.5. The number of nitrogens with zero attached hydrogens (tertiary/aromatic N) is 1. The van der Waals surface area contributed by atoms with Crippen molar-refractivity contribution < 1.29 is 14.3 Å². The van der Waals surface area contributed by atoms with Gasteiger partial charge >= 0.3 is 0 Å². The minimum Gasteiger partial charge on any atom is -0.480 e. The molecule has 0 saturated carbocycles. The smallest absolute Gasteiger partial charge is 0.263 e. The highest BCUT2D eigenvalue weighted by molar-refractivity contribution is 6.30. The van der Waals surface area contributed by atoms with E-state index >= 15 is 0 Å². The van der Waals surface area contributed by atoms with Gasteiger partial charge in [0.2, 0.25) is 5.91 Å². The van der Waals surface area contributed by atoms with Crippen molar-refractivity contribution in [2.75, 3.05) is 20.1 Å². The average Bonchev–Trinajstić information content (AvgIpc) is 2.96. The standard InChI is InChI=1S/C16H19ClN2O3/c1-18-15(20)10-4-6-19(7-5-10)16(21)14-9-11-8-12(17)2-3-13(11)22-14/h2-3,8,10,14H,4-7,9H2,1H3,(H,18,20)/t14-/m0/s1. The van der Waals surface area contributed by atoms with Crippen molar-refractivity contribution in [3.05, 3.63) is 28.8 Å². The molecule has 1 N–H and O–H groups in total. The molecule has 2 heterocycles. The van der Waals surface area contributed by atoms with Crippen LogP contribution in [-0.4, -0.2) is 43.0 Å². The van der Waals surface area contributed by atoms with Crippen LogP contribution in [0.4, 0.5) is 0 Å². The van der Waals surface area contributed by atoms with E-state index in [1.807, 2.05) is 12.1 Å². The summed E-state index contributed by atoms with van der Waals surface area (Å²) < 4.78 is 5.74. The molecule has 22 heavy (non-hydrogen) atoms. The van der Waals surface area contributed by atoms with Gasteiger partial charge in [0.25, 0.3) is 5.91 Å². The molecule has 5 nitrogen and oxygen atoms in total. The Morgan fingerprint density at radius 2 is 2.05 bits per heavy atom. The van der Waals surface area contributed by atoms with E-state index in [9.17, 15) is 9.59 Å². The van der Waals surface area contributed by atoms with Crippen molar-refractivity contribution in [1.29, 1.82) is 0 Å². The van der Waals surface area contributed by atoms with Gasteiger partial charge < -0.3 is 15.0 Å². The third kappa shape index (κ3) is 2.90. The number of hydrogen-bond acceptors (Lipinski definition) is 3. The number of fused-ring (bicyclic) bond motifs is 1. The van der Waals surface area contributed by atoms with Gasteiger partial charge in [0.1, 0.15) is 5.75 Å². The van der Waals surface area contributed by atoms with Gasteiger partial charge in [-0.1, -0.05) is 11.6 Å². The van der Waals surface area contributed by atoms with E-state index < -0.39 is 6.10 Å². The van der Waals surface area contributed by atoms with Crippen molar-refractivity contribution in [3.8, 4) is 5.75 Å². The predicted molar refractivity (Wildman–Crippen MR) is 82.9 cm³/mol. The monoisotopic (exact) mass is 322 g/mol. The molecule has 0 spiro atoms. The molecule has 2 aliphatic heterocycles. The molecule has 0 aromatic heterocycles. The van der Waals surface area contributed by atoms with E-state index in [1.54, 1.807) is 18.0 Å². The highest BCUT2D eigenvalue weighted by Crippen LogP contribution is 2.32. The van der Waals surface area contributed by atoms with Crippen LogP contribution in [0.15, 0.2) is 18.2 Å². The number of ether oxygens (including phenoxy) is 1. The van der Waals surface area contributed by atoms with E-state index in [-0.39, 0.29) is 17.7 Å². The van der Waals surface area contributed by atoms with Gasteiger partial charge in [-0.25, -0.2) is 0 Å². The summed E-state index contributed by atoms with van der Waals surface area (Å²) in [5, 5.41) is 3.33. The first-order valence-corrected chi connectivity index (χ1v) is 7.91. The Balaban J connectivity index is 1.59. The maximum Gasteiger partial charge on any atom is 0.263 e. The molecule has 118 valence electrons. The normalized spacial score (nSPS) is 21.2. The van der Waals surface area contributed by atoms with E-state index in [1.165, 1.54) is 0 Å². The van der Waals surface area contributed by atoms with Crippen LogP contribution >= 0.6 is 11.6 Å². The number of piperidine rings is 1. The van der Waals surface area contributed by atoms with Crippen LogP contribution in [0.2, 0.25) is 5.02 Å². The fourth-order valence-corrected chi connectivity index (χ4v) is 3.32. The predicted octanol–water partition coefficient (Wildman–Crippen LogP) is 1.63. The largest absolute Gasteiger partial charge is 0.480 e. The molecule has 0 unspecified atom stereocenters. The van der Waals surface area contributed by atoms with E-state index in [2.05, 4.69) is 5.32 Å². The lowest BCUT2D eigenvalue weighted by molar-refractivity contribution is -0.141. The summed E-state index contributed by atoms with van der Waals surface area (Å²) in [6, 6.07) is 5.42. The highest BCUT2D eigenvalue weighted by Gasteiger charge is 2.35. The third-order valence-electron chi connectivity index (χ3n) is 4.40. The Morgan fingerprint density at radius 3 is 2.73 bits per heavy atom. The highest BCUT2D eigenvalue weighted by atomic mass is 35.5. The Morgan fingerprint density at radius 1 is 1.32 bits per heavy atom. The van der Waals surface area contributed by atoms with Gasteiger partial charge in [-0.2, -0.15) is 0 Å². The van der Waals surface area contributed by atoms with Gasteiger partial charge in [-0.15, -0.1) is 0 Å². The lowest BCUT2D eigenvalue weighted by atomic mass is 9.95. The zero-order valence-corrected chi connectivity index (χ0v) is 13.2. The maximum atomic E-state index is 12.6. The molecule has 1 atom stereocenters. The molecule has 1 fully saturated rings. The summed E-state index contributed by atoms with van der Waals surface area (Å²) >= 11 is 5.97. The second kappa shape index (κ2) is 6.16. The maximum absolute atomic E-state index is 12.6. The molecule has 1 aromatic carbocycles. The summed E-state index contributed by atoms with van der Waals surface area (Å²) in [6.45, 7) is 1.21. The van der Waals surface area contributed by atoms with Gasteiger partial charge in [-0.3, -0.25) is 9.59 Å². The minimum absolute atomic E-state index is 0.00248. The van der Waals surface area contributed by atoms with Crippen LogP contribution in [0.3, 0.4) is 0 Å². The molecule has 0 aliphatic carbocycles. The second-order valence-corrected chi connectivity index (χ2v) is 6.21. The van der Waals surface area contributed by atoms with Gasteiger partial charge in [0, 0.05) is 37.5 Å². The molecule has 0 radical (unpaired) electrons. The Bertz CT molecular complexity index is 597. The average molecular weight is 323 g/mol. The van der Waals surface area contributed by atoms with E-state index in [0.717, 1.165) is 11.3 Å². The second-order valence-electron chi connectivity index (χ2n) is 5.78. The Hall–Kier alpha value is -1.75. The molecule has 1 saturated heterocycles.